The van der Waals surface area contributed by atoms with Gasteiger partial charge in [-0.2, -0.15) is 5.26 Å². The zero-order valence-corrected chi connectivity index (χ0v) is 15.4. The summed E-state index contributed by atoms with van der Waals surface area (Å²) in [6, 6.07) is 12.3. The number of nitrogens with one attached hydrogen (secondary N) is 1. The van der Waals surface area contributed by atoms with Crippen LogP contribution in [0.4, 0.5) is 4.79 Å². The highest BCUT2D eigenvalue weighted by molar-refractivity contribution is 5.69. The second kappa shape index (κ2) is 7.85. The van der Waals surface area contributed by atoms with Crippen molar-refractivity contribution in [1.82, 2.24) is 10.2 Å². The van der Waals surface area contributed by atoms with Crippen LogP contribution in [0.25, 0.3) is 0 Å². The van der Waals surface area contributed by atoms with E-state index in [9.17, 15) is 10.1 Å². The molecule has 1 aliphatic heterocycles. The van der Waals surface area contributed by atoms with Crippen LogP contribution in [0.1, 0.15) is 39.2 Å². The van der Waals surface area contributed by atoms with Crippen LogP contribution >= 0.6 is 0 Å². The molecule has 1 heterocycles. The molecule has 1 aromatic rings. The van der Waals surface area contributed by atoms with E-state index in [4.69, 9.17) is 9.47 Å². The number of carbonyl (C=O) groups is 1. The smallest absolute Gasteiger partial charge is 0.412 e. The summed E-state index contributed by atoms with van der Waals surface area (Å²) in [5.74, 6) is 0. The minimum Gasteiger partial charge on any atom is -0.444 e. The molecule has 2 rings (SSSR count). The lowest BCUT2D eigenvalue weighted by Gasteiger charge is -2.43. The predicted octanol–water partition coefficient (Wildman–Crippen LogP) is 3.04. The van der Waals surface area contributed by atoms with Crippen LogP contribution in [0.15, 0.2) is 30.3 Å². The Labute approximate surface area is 149 Å². The van der Waals surface area contributed by atoms with Gasteiger partial charge in [0.2, 0.25) is 0 Å². The number of rotatable bonds is 4. The van der Waals surface area contributed by atoms with Gasteiger partial charge in [-0.25, -0.2) is 4.79 Å². The second-order valence-electron chi connectivity index (χ2n) is 7.37. The van der Waals surface area contributed by atoms with E-state index in [1.165, 1.54) is 4.90 Å². The molecule has 1 N–H and O–H groups in total. The van der Waals surface area contributed by atoms with Gasteiger partial charge in [0.25, 0.3) is 0 Å². The van der Waals surface area contributed by atoms with Crippen molar-refractivity contribution < 1.29 is 14.3 Å². The molecule has 0 saturated carbocycles. The molecule has 0 spiro atoms. The molecule has 0 aliphatic carbocycles. The van der Waals surface area contributed by atoms with Gasteiger partial charge < -0.3 is 9.47 Å². The Morgan fingerprint density at radius 2 is 2.08 bits per heavy atom. The number of hydrogen-bond acceptors (Lipinski definition) is 5. The van der Waals surface area contributed by atoms with E-state index in [-0.39, 0.29) is 12.8 Å². The van der Waals surface area contributed by atoms with Gasteiger partial charge in [-0.05, 0) is 39.2 Å². The normalized spacial score (nSPS) is 23.8. The Bertz CT molecular complexity index is 621. The molecule has 136 valence electrons. The summed E-state index contributed by atoms with van der Waals surface area (Å²) in [4.78, 5) is 14.1. The number of methoxy groups -OCH3 is 1. The fourth-order valence-corrected chi connectivity index (χ4v) is 2.89. The third kappa shape index (κ3) is 5.18. The average molecular weight is 345 g/mol. The van der Waals surface area contributed by atoms with Crippen LogP contribution in [-0.2, 0) is 16.0 Å². The van der Waals surface area contributed by atoms with Crippen LogP contribution in [0.5, 0.6) is 0 Å². The van der Waals surface area contributed by atoms with Crippen molar-refractivity contribution in [1.29, 1.82) is 5.26 Å². The van der Waals surface area contributed by atoms with Crippen molar-refractivity contribution in [2.75, 3.05) is 13.7 Å². The highest BCUT2D eigenvalue weighted by Gasteiger charge is 2.43. The van der Waals surface area contributed by atoms with Gasteiger partial charge in [-0.15, -0.1) is 0 Å². The number of likely N-dealkylation sites (tertiary alicyclic amines) is 1. The lowest BCUT2D eigenvalue weighted by atomic mass is 9.89. The lowest BCUT2D eigenvalue weighted by molar-refractivity contribution is -0.0779. The maximum absolute atomic E-state index is 12.5. The summed E-state index contributed by atoms with van der Waals surface area (Å²) in [6.07, 6.45) is 0.342. The highest BCUT2D eigenvalue weighted by atomic mass is 16.6. The van der Waals surface area contributed by atoms with Gasteiger partial charge in [0, 0.05) is 13.7 Å². The van der Waals surface area contributed by atoms with E-state index in [0.29, 0.717) is 19.4 Å². The summed E-state index contributed by atoms with van der Waals surface area (Å²) in [5, 5.41) is 13.1. The number of carbonyl (C=O) groups excluding carboxylic acids is 1. The minimum absolute atomic E-state index is 0.226. The number of amides is 1. The first kappa shape index (κ1) is 19.2. The molecule has 6 heteroatoms. The Kier molecular flexibility index (Phi) is 6.04. The quantitative estimate of drug-likeness (QED) is 0.908. The first-order valence-electron chi connectivity index (χ1n) is 8.51. The van der Waals surface area contributed by atoms with Crippen LogP contribution in [-0.4, -0.2) is 42.0 Å². The van der Waals surface area contributed by atoms with E-state index in [1.807, 2.05) is 51.1 Å². The number of benzene rings is 1. The lowest BCUT2D eigenvalue weighted by Crippen LogP contribution is -2.61. The molecule has 0 aromatic heterocycles. The van der Waals surface area contributed by atoms with Gasteiger partial charge >= 0.3 is 6.09 Å². The summed E-state index contributed by atoms with van der Waals surface area (Å²) in [5.41, 5.74) is -0.323. The van der Waals surface area contributed by atoms with Crippen molar-refractivity contribution >= 4 is 6.09 Å². The molecule has 25 heavy (non-hydrogen) atoms. The average Bonchev–Trinajstić information content (AvgIpc) is 2.59. The van der Waals surface area contributed by atoms with E-state index >= 15 is 0 Å². The molecule has 6 nitrogen and oxygen atoms in total. The van der Waals surface area contributed by atoms with Gasteiger partial charge in [0.05, 0.1) is 12.6 Å². The van der Waals surface area contributed by atoms with E-state index in [2.05, 4.69) is 11.4 Å². The summed E-state index contributed by atoms with van der Waals surface area (Å²) < 4.78 is 10.9. The summed E-state index contributed by atoms with van der Waals surface area (Å²) >= 11 is 0. The third-order valence-corrected chi connectivity index (χ3v) is 4.19. The SMILES string of the molecule is CO[C@@H]1CC[C@](C#N)(NCc2ccccc2)CN1C(=O)OC(C)(C)C. The predicted molar refractivity (Wildman–Crippen MR) is 94.6 cm³/mol. The molecule has 1 saturated heterocycles. The zero-order valence-electron chi connectivity index (χ0n) is 15.4. The topological polar surface area (TPSA) is 74.6 Å². The Morgan fingerprint density at radius 3 is 2.64 bits per heavy atom. The van der Waals surface area contributed by atoms with Gasteiger partial charge in [0.15, 0.2) is 0 Å². The van der Waals surface area contributed by atoms with E-state index in [0.717, 1.165) is 5.56 Å². The van der Waals surface area contributed by atoms with Gasteiger partial charge in [0.1, 0.15) is 17.4 Å². The first-order chi connectivity index (χ1) is 11.8. The van der Waals surface area contributed by atoms with Crippen LogP contribution in [0.3, 0.4) is 0 Å². The molecule has 1 aliphatic rings. The van der Waals surface area contributed by atoms with E-state index < -0.39 is 17.2 Å². The minimum atomic E-state index is -0.818. The standard InChI is InChI=1S/C19H27N3O3/c1-18(2,3)25-17(23)22-14-19(13-20,11-10-16(22)24-4)21-12-15-8-6-5-7-9-15/h5-9,16,21H,10-12,14H2,1-4H3/t16-,19-/m1/s1. The number of piperidine rings is 1. The Morgan fingerprint density at radius 1 is 1.40 bits per heavy atom. The first-order valence-corrected chi connectivity index (χ1v) is 8.51. The maximum atomic E-state index is 12.5. The molecular weight excluding hydrogens is 318 g/mol. The van der Waals surface area contributed by atoms with Gasteiger partial charge in [-0.3, -0.25) is 10.2 Å². The maximum Gasteiger partial charge on any atom is 0.412 e. The number of nitriles is 1. The van der Waals surface area contributed by atoms with Crippen LogP contribution in [0, 0.1) is 11.3 Å². The Balaban J connectivity index is 2.11. The molecule has 0 unspecified atom stereocenters. The molecular formula is C19H27N3O3. The molecule has 2 atom stereocenters. The third-order valence-electron chi connectivity index (χ3n) is 4.19. The molecule has 1 fully saturated rings. The summed E-state index contributed by atoms with van der Waals surface area (Å²) in [6.45, 7) is 6.25. The second-order valence-corrected chi connectivity index (χ2v) is 7.37. The fraction of sp³-hybridized carbons (Fsp3) is 0.579. The van der Waals surface area contributed by atoms with Crippen molar-refractivity contribution in [3.8, 4) is 6.07 Å². The molecule has 0 radical (unpaired) electrons. The number of ether oxygens (including phenoxy) is 2. The van der Waals surface area contributed by atoms with Crippen LogP contribution < -0.4 is 5.32 Å². The number of hydrogen-bond donors (Lipinski definition) is 1. The molecule has 1 amide bonds. The monoisotopic (exact) mass is 345 g/mol. The Hall–Kier alpha value is -2.10. The zero-order chi connectivity index (χ0) is 18.5. The van der Waals surface area contributed by atoms with Crippen molar-refractivity contribution in [3.63, 3.8) is 0 Å². The van der Waals surface area contributed by atoms with Crippen molar-refractivity contribution in [3.05, 3.63) is 35.9 Å². The van der Waals surface area contributed by atoms with Crippen molar-refractivity contribution in [2.24, 2.45) is 0 Å². The molecule has 0 bridgehead atoms. The largest absolute Gasteiger partial charge is 0.444 e. The van der Waals surface area contributed by atoms with Crippen molar-refractivity contribution in [2.45, 2.75) is 57.5 Å². The molecule has 1 aromatic carbocycles. The highest BCUT2D eigenvalue weighted by Crippen LogP contribution is 2.28. The van der Waals surface area contributed by atoms with Crippen LogP contribution in [0.2, 0.25) is 0 Å². The number of nitrogens with zero attached hydrogens (tertiary/aromatic N) is 2. The van der Waals surface area contributed by atoms with Gasteiger partial charge in [-0.1, -0.05) is 30.3 Å². The fourth-order valence-electron chi connectivity index (χ4n) is 2.89. The summed E-state index contributed by atoms with van der Waals surface area (Å²) in [7, 11) is 1.57. The van der Waals surface area contributed by atoms with E-state index in [1.54, 1.807) is 7.11 Å².